The molecule has 102 valence electrons. The number of benzene rings is 2. The van der Waals surface area contributed by atoms with Gasteiger partial charge in [-0.3, -0.25) is 5.01 Å². The van der Waals surface area contributed by atoms with Gasteiger partial charge in [0.15, 0.2) is 0 Å². The van der Waals surface area contributed by atoms with Crippen molar-refractivity contribution in [3.05, 3.63) is 66.7 Å². The Morgan fingerprint density at radius 2 is 1.60 bits per heavy atom. The van der Waals surface area contributed by atoms with E-state index in [1.807, 2.05) is 30.3 Å². The van der Waals surface area contributed by atoms with Gasteiger partial charge in [0.05, 0.1) is 11.4 Å². The van der Waals surface area contributed by atoms with E-state index in [4.69, 9.17) is 10.6 Å². The molecule has 0 spiro atoms. The van der Waals surface area contributed by atoms with Gasteiger partial charge in [-0.1, -0.05) is 24.8 Å². The summed E-state index contributed by atoms with van der Waals surface area (Å²) in [5, 5.41) is 1.56. The highest BCUT2D eigenvalue weighted by atomic mass is 16.5. The van der Waals surface area contributed by atoms with Crippen molar-refractivity contribution in [1.82, 2.24) is 0 Å². The maximum absolute atomic E-state index is 11.4. The number of rotatable bonds is 4. The number of esters is 1. The van der Waals surface area contributed by atoms with Crippen molar-refractivity contribution in [2.75, 3.05) is 5.01 Å². The molecule has 0 fully saturated rings. The van der Waals surface area contributed by atoms with Crippen LogP contribution >= 0.6 is 0 Å². The van der Waals surface area contributed by atoms with Gasteiger partial charge in [0, 0.05) is 5.57 Å². The second-order valence-corrected chi connectivity index (χ2v) is 4.37. The molecular weight excluding hydrogens is 252 g/mol. The van der Waals surface area contributed by atoms with Crippen LogP contribution in [0.1, 0.15) is 6.92 Å². The van der Waals surface area contributed by atoms with E-state index in [0.717, 1.165) is 11.4 Å². The highest BCUT2D eigenvalue weighted by Crippen LogP contribution is 2.24. The van der Waals surface area contributed by atoms with Gasteiger partial charge < -0.3 is 4.74 Å². The fraction of sp³-hybridized carbons (Fsp3) is 0.0625. The predicted octanol–water partition coefficient (Wildman–Crippen LogP) is 3.18. The Morgan fingerprint density at radius 3 is 2.15 bits per heavy atom. The SMILES string of the molecule is C=C(C)C(=O)Oc1ccc(N(N)c2ccccc2)cc1. The fourth-order valence-corrected chi connectivity index (χ4v) is 1.61. The van der Waals surface area contributed by atoms with Crippen LogP contribution in [0.25, 0.3) is 0 Å². The quantitative estimate of drug-likeness (QED) is 0.304. The van der Waals surface area contributed by atoms with Gasteiger partial charge in [-0.05, 0) is 43.3 Å². The molecule has 2 aromatic carbocycles. The van der Waals surface area contributed by atoms with Crippen molar-refractivity contribution < 1.29 is 9.53 Å². The lowest BCUT2D eigenvalue weighted by atomic mass is 10.2. The van der Waals surface area contributed by atoms with E-state index in [1.165, 1.54) is 0 Å². The van der Waals surface area contributed by atoms with Crippen LogP contribution in [0, 0.1) is 0 Å². The van der Waals surface area contributed by atoms with Crippen LogP contribution in [0.15, 0.2) is 66.7 Å². The predicted molar refractivity (Wildman–Crippen MR) is 79.7 cm³/mol. The molecule has 0 aliphatic rings. The highest BCUT2D eigenvalue weighted by Gasteiger charge is 2.07. The summed E-state index contributed by atoms with van der Waals surface area (Å²) in [6.07, 6.45) is 0. The van der Waals surface area contributed by atoms with Crippen LogP contribution in [-0.2, 0) is 4.79 Å². The first kappa shape index (κ1) is 13.8. The molecule has 0 aromatic heterocycles. The van der Waals surface area contributed by atoms with Crippen LogP contribution in [0.5, 0.6) is 5.75 Å². The molecular formula is C16H16N2O2. The largest absolute Gasteiger partial charge is 0.423 e. The second kappa shape index (κ2) is 6.04. The Kier molecular flexibility index (Phi) is 4.17. The number of hydrogen-bond donors (Lipinski definition) is 1. The highest BCUT2D eigenvalue weighted by molar-refractivity contribution is 5.88. The maximum Gasteiger partial charge on any atom is 0.338 e. The zero-order valence-corrected chi connectivity index (χ0v) is 11.2. The van der Waals surface area contributed by atoms with Gasteiger partial charge in [0.1, 0.15) is 5.75 Å². The summed E-state index contributed by atoms with van der Waals surface area (Å²) >= 11 is 0. The van der Waals surface area contributed by atoms with Gasteiger partial charge >= 0.3 is 5.97 Å². The van der Waals surface area contributed by atoms with E-state index in [9.17, 15) is 4.79 Å². The molecule has 20 heavy (non-hydrogen) atoms. The Balaban J connectivity index is 2.12. The summed E-state index contributed by atoms with van der Waals surface area (Å²) in [5.41, 5.74) is 2.03. The first-order chi connectivity index (χ1) is 9.58. The van der Waals surface area contributed by atoms with E-state index in [1.54, 1.807) is 36.2 Å². The monoisotopic (exact) mass is 268 g/mol. The van der Waals surface area contributed by atoms with Gasteiger partial charge in [0.2, 0.25) is 0 Å². The number of hydrazine groups is 1. The van der Waals surface area contributed by atoms with Crippen LogP contribution < -0.4 is 15.6 Å². The average molecular weight is 268 g/mol. The fourth-order valence-electron chi connectivity index (χ4n) is 1.61. The van der Waals surface area contributed by atoms with Gasteiger partial charge in [-0.15, -0.1) is 0 Å². The molecule has 0 aliphatic heterocycles. The Bertz CT molecular complexity index is 606. The third-order valence-corrected chi connectivity index (χ3v) is 2.71. The summed E-state index contributed by atoms with van der Waals surface area (Å²) in [4.78, 5) is 11.4. The minimum absolute atomic E-state index is 0.360. The van der Waals surface area contributed by atoms with Crippen molar-refractivity contribution in [2.45, 2.75) is 6.92 Å². The summed E-state index contributed by atoms with van der Waals surface area (Å²) in [6.45, 7) is 5.14. The number of hydrogen-bond acceptors (Lipinski definition) is 4. The molecule has 4 heteroatoms. The van der Waals surface area contributed by atoms with Crippen LogP contribution in [0.2, 0.25) is 0 Å². The number of nitrogens with zero attached hydrogens (tertiary/aromatic N) is 1. The topological polar surface area (TPSA) is 55.6 Å². The van der Waals surface area contributed by atoms with Crippen molar-refractivity contribution in [3.63, 3.8) is 0 Å². The lowest BCUT2D eigenvalue weighted by Crippen LogP contribution is -2.24. The van der Waals surface area contributed by atoms with Crippen LogP contribution in [0.4, 0.5) is 11.4 Å². The van der Waals surface area contributed by atoms with E-state index >= 15 is 0 Å². The third-order valence-electron chi connectivity index (χ3n) is 2.71. The van der Waals surface area contributed by atoms with Crippen LogP contribution in [-0.4, -0.2) is 5.97 Å². The molecule has 0 saturated heterocycles. The van der Waals surface area contributed by atoms with E-state index in [2.05, 4.69) is 6.58 Å². The average Bonchev–Trinajstić information content (AvgIpc) is 2.48. The minimum atomic E-state index is -0.439. The molecule has 2 N–H and O–H groups in total. The smallest absolute Gasteiger partial charge is 0.338 e. The van der Waals surface area contributed by atoms with Crippen molar-refractivity contribution in [2.24, 2.45) is 5.84 Å². The third kappa shape index (κ3) is 3.24. The van der Waals surface area contributed by atoms with Crippen molar-refractivity contribution in [1.29, 1.82) is 0 Å². The summed E-state index contributed by atoms with van der Waals surface area (Å²) in [5.74, 6) is 6.05. The number of nitrogens with two attached hydrogens (primary N) is 1. The standard InChI is InChI=1S/C16H16N2O2/c1-12(2)16(19)20-15-10-8-14(9-11-15)18(17)13-6-4-3-5-7-13/h3-11H,1,17H2,2H3. The van der Waals surface area contributed by atoms with Gasteiger partial charge in [-0.25, -0.2) is 10.6 Å². The minimum Gasteiger partial charge on any atom is -0.423 e. The van der Waals surface area contributed by atoms with Gasteiger partial charge in [-0.2, -0.15) is 0 Å². The van der Waals surface area contributed by atoms with Gasteiger partial charge in [0.25, 0.3) is 0 Å². The Labute approximate surface area is 118 Å². The van der Waals surface area contributed by atoms with Crippen molar-refractivity contribution >= 4 is 17.3 Å². The molecule has 0 amide bonds. The molecule has 0 unspecified atom stereocenters. The lowest BCUT2D eigenvalue weighted by molar-refractivity contribution is -0.130. The molecule has 2 rings (SSSR count). The first-order valence-corrected chi connectivity index (χ1v) is 6.15. The number of carbonyl (C=O) groups excluding carboxylic acids is 1. The first-order valence-electron chi connectivity index (χ1n) is 6.15. The number of para-hydroxylation sites is 1. The molecule has 0 heterocycles. The number of carbonyl (C=O) groups is 1. The molecule has 0 bridgehead atoms. The zero-order chi connectivity index (χ0) is 14.5. The molecule has 2 aromatic rings. The van der Waals surface area contributed by atoms with E-state index in [-0.39, 0.29) is 0 Å². The summed E-state index contributed by atoms with van der Waals surface area (Å²) < 4.78 is 5.12. The van der Waals surface area contributed by atoms with Crippen LogP contribution in [0.3, 0.4) is 0 Å². The molecule has 0 atom stereocenters. The van der Waals surface area contributed by atoms with E-state index in [0.29, 0.717) is 11.3 Å². The summed E-state index contributed by atoms with van der Waals surface area (Å²) in [6, 6.07) is 16.5. The molecule has 0 aliphatic carbocycles. The molecule has 0 saturated carbocycles. The molecule has 0 radical (unpaired) electrons. The lowest BCUT2D eigenvalue weighted by Gasteiger charge is -2.18. The molecule has 4 nitrogen and oxygen atoms in total. The Morgan fingerprint density at radius 1 is 1.05 bits per heavy atom. The number of ether oxygens (including phenoxy) is 1. The normalized spacial score (nSPS) is 9.90. The zero-order valence-electron chi connectivity index (χ0n) is 11.2. The summed E-state index contributed by atoms with van der Waals surface area (Å²) in [7, 11) is 0. The maximum atomic E-state index is 11.4. The second-order valence-electron chi connectivity index (χ2n) is 4.37. The number of anilines is 2. The van der Waals surface area contributed by atoms with E-state index < -0.39 is 5.97 Å². The Hall–Kier alpha value is -2.59. The van der Waals surface area contributed by atoms with Crippen molar-refractivity contribution in [3.8, 4) is 5.75 Å².